The summed E-state index contributed by atoms with van der Waals surface area (Å²) in [5.74, 6) is 0. The van der Waals surface area contributed by atoms with Gasteiger partial charge in [-0.25, -0.2) is 0 Å². The Balaban J connectivity index is 0.000000135. The highest BCUT2D eigenvalue weighted by molar-refractivity contribution is 6.10. The predicted octanol–water partition coefficient (Wildman–Crippen LogP) is 24.1. The number of rotatable bonds is 9. The molecule has 0 unspecified atom stereocenters. The van der Waals surface area contributed by atoms with Gasteiger partial charge >= 0.3 is 0 Å². The molecule has 4 nitrogen and oxygen atoms in total. The van der Waals surface area contributed by atoms with E-state index in [2.05, 4.69) is 397 Å². The molecule has 4 heterocycles. The quantitative estimate of drug-likeness (QED) is 0.144. The summed E-state index contributed by atoms with van der Waals surface area (Å²) >= 11 is 0. The Hall–Kier alpha value is -13.8. The molecule has 4 bridgehead atoms. The van der Waals surface area contributed by atoms with Gasteiger partial charge in [-0.1, -0.05) is 309 Å². The van der Waals surface area contributed by atoms with Gasteiger partial charge in [-0.05, 0) is 191 Å². The van der Waals surface area contributed by atoms with E-state index in [0.29, 0.717) is 0 Å². The van der Waals surface area contributed by atoms with E-state index < -0.39 is 21.7 Å². The van der Waals surface area contributed by atoms with Crippen molar-refractivity contribution in [3.05, 3.63) is 502 Å². The van der Waals surface area contributed by atoms with Gasteiger partial charge in [0, 0.05) is 56.4 Å². The summed E-state index contributed by atoms with van der Waals surface area (Å²) in [7, 11) is 0. The number of pyridine rings is 2. The molecule has 0 aliphatic heterocycles. The van der Waals surface area contributed by atoms with Crippen LogP contribution in [0.4, 0.5) is 0 Å². The zero-order valence-corrected chi connectivity index (χ0v) is 59.0. The van der Waals surface area contributed by atoms with E-state index in [1.807, 2.05) is 24.5 Å². The zero-order valence-electron chi connectivity index (χ0n) is 59.0. The zero-order chi connectivity index (χ0) is 71.1. The van der Waals surface area contributed by atoms with Crippen LogP contribution in [0.2, 0.25) is 0 Å². The Morgan fingerprint density at radius 1 is 0.176 bits per heavy atom. The molecule has 0 fully saturated rings. The van der Waals surface area contributed by atoms with Crippen LogP contribution >= 0.6 is 0 Å². The molecule has 6 aliphatic rings. The molecule has 15 aromatic carbocycles. The second kappa shape index (κ2) is 23.9. The van der Waals surface area contributed by atoms with Crippen LogP contribution in [0.3, 0.4) is 0 Å². The first-order chi connectivity index (χ1) is 53.6. The third-order valence-electron chi connectivity index (χ3n) is 24.4. The number of aromatic nitrogens is 4. The van der Waals surface area contributed by atoms with Crippen molar-refractivity contribution in [3.8, 4) is 45.0 Å². The minimum Gasteiger partial charge on any atom is -0.309 e. The maximum absolute atomic E-state index is 4.85. The third-order valence-corrected chi connectivity index (χ3v) is 24.4. The second-order valence-electron chi connectivity index (χ2n) is 29.3. The lowest BCUT2D eigenvalue weighted by Crippen LogP contribution is -2.52. The van der Waals surface area contributed by atoms with Crippen LogP contribution in [-0.2, 0) is 21.7 Å². The van der Waals surface area contributed by atoms with E-state index in [0.717, 1.165) is 28.2 Å². The number of fused-ring (bicyclic) bond motifs is 6. The molecule has 4 heteroatoms. The van der Waals surface area contributed by atoms with E-state index in [4.69, 9.17) is 9.97 Å². The van der Waals surface area contributed by atoms with Gasteiger partial charge in [0.2, 0.25) is 0 Å². The maximum atomic E-state index is 4.85. The number of para-hydroxylation sites is 4. The van der Waals surface area contributed by atoms with Gasteiger partial charge < -0.3 is 9.13 Å². The number of nitrogens with zero attached hydrogens (tertiary/aromatic N) is 4. The van der Waals surface area contributed by atoms with Crippen LogP contribution in [-0.4, -0.2) is 19.1 Å². The average Bonchev–Trinajstić information content (AvgIpc) is 0.789. The molecule has 108 heavy (non-hydrogen) atoms. The van der Waals surface area contributed by atoms with Crippen LogP contribution < -0.4 is 0 Å². The maximum Gasteiger partial charge on any atom is 0.0712 e. The van der Waals surface area contributed by atoms with Crippen molar-refractivity contribution < 1.29 is 0 Å². The molecular weight excluding hydrogens is 1310 g/mol. The van der Waals surface area contributed by atoms with E-state index in [-0.39, 0.29) is 0 Å². The monoisotopic (exact) mass is 1370 g/mol. The summed E-state index contributed by atoms with van der Waals surface area (Å²) in [6.07, 6.45) is 3.78. The SMILES string of the molecule is c1ccc(-c2ccc3c(c2)C2(c4ccccc4)c4ccccc4C3(c3cccc(-n4c5ccccc5c5ccccc54)c3)c3ccccc32)cc1.c1ccc(C23c4ccccc4C(c4cccc(-n5c6ccccc6c6ccccc65)c4)(c4ccc(-c5ccccn5)cc42)c2ccc(-c4ccccn4)cc23)cc1. The van der Waals surface area contributed by atoms with Gasteiger partial charge in [-0.2, -0.15) is 0 Å². The molecule has 0 atom stereocenters. The smallest absolute Gasteiger partial charge is 0.0712 e. The molecule has 25 rings (SSSR count). The molecule has 504 valence electrons. The molecule has 0 spiro atoms. The normalized spacial score (nSPS) is 18.0. The summed E-state index contributed by atoms with van der Waals surface area (Å²) in [4.78, 5) is 9.70. The van der Waals surface area contributed by atoms with E-state index in [1.54, 1.807) is 0 Å². The van der Waals surface area contributed by atoms with Crippen molar-refractivity contribution in [2.45, 2.75) is 21.7 Å². The number of hydrogen-bond acceptors (Lipinski definition) is 2. The van der Waals surface area contributed by atoms with Gasteiger partial charge in [0.1, 0.15) is 0 Å². The first-order valence-corrected chi connectivity index (χ1v) is 37.5. The fourth-order valence-electron chi connectivity index (χ4n) is 20.3. The highest BCUT2D eigenvalue weighted by Gasteiger charge is 2.62. The van der Waals surface area contributed by atoms with Crippen LogP contribution in [0.5, 0.6) is 0 Å². The van der Waals surface area contributed by atoms with E-state index in [1.165, 1.54) is 149 Å². The topological polar surface area (TPSA) is 35.6 Å². The van der Waals surface area contributed by atoms with Crippen molar-refractivity contribution in [1.29, 1.82) is 0 Å². The van der Waals surface area contributed by atoms with Gasteiger partial charge in [0.25, 0.3) is 0 Å². The molecule has 6 aliphatic carbocycles. The molecule has 4 aromatic heterocycles. The Labute approximate surface area is 627 Å². The van der Waals surface area contributed by atoms with Crippen molar-refractivity contribution >= 4 is 43.6 Å². The largest absolute Gasteiger partial charge is 0.309 e. The predicted molar refractivity (Wildman–Crippen MR) is 441 cm³/mol. The second-order valence-corrected chi connectivity index (χ2v) is 29.3. The average molecular weight is 1370 g/mol. The van der Waals surface area contributed by atoms with Crippen LogP contribution in [0.1, 0.15) is 89.0 Å². The van der Waals surface area contributed by atoms with Gasteiger partial charge in [0.15, 0.2) is 0 Å². The standard InChI is InChI=1S/C54H35N3.C50H33N/c1-2-15-38(16-3-1)53-43-21-6-7-22-44(43)54(45-29-27-36(33-47(45)53)49-23-10-12-31-55-49,46-30-28-37(34-48(46)53)50-24-11-13-32-56-50)39-17-14-18-40(35-39)57-51-25-8-4-19-41(51)42-20-5-9-26-52(42)57;1-3-16-34(17-4-1)35-30-31-45-46(32-35)49(36-18-5-2-6-19-36)41-24-9-11-26-43(41)50(45,44-27-12-10-25-42(44)49)37-20-15-21-38(33-37)51-47-28-13-7-22-39(47)40-23-8-14-29-48(40)51/h1-35H;1-33H. The molecular formula is C104H68N4. The van der Waals surface area contributed by atoms with E-state index in [9.17, 15) is 0 Å². The van der Waals surface area contributed by atoms with E-state index >= 15 is 0 Å². The van der Waals surface area contributed by atoms with Crippen LogP contribution in [0.25, 0.3) is 88.6 Å². The lowest BCUT2D eigenvalue weighted by Gasteiger charge is -2.57. The van der Waals surface area contributed by atoms with Gasteiger partial charge in [-0.3, -0.25) is 9.97 Å². The van der Waals surface area contributed by atoms with Crippen LogP contribution in [0, 0.1) is 0 Å². The van der Waals surface area contributed by atoms with Gasteiger partial charge in [-0.15, -0.1) is 0 Å². The molecule has 0 saturated carbocycles. The van der Waals surface area contributed by atoms with Crippen LogP contribution in [0.15, 0.2) is 413 Å². The summed E-state index contributed by atoms with van der Waals surface area (Å²) in [6, 6.07) is 148. The summed E-state index contributed by atoms with van der Waals surface area (Å²) in [5, 5.41) is 5.05. The minimum absolute atomic E-state index is 0.471. The Kier molecular flexibility index (Phi) is 13.6. The van der Waals surface area contributed by atoms with Crippen molar-refractivity contribution in [2.75, 3.05) is 0 Å². The number of benzene rings is 15. The first kappa shape index (κ1) is 61.7. The summed E-state index contributed by atoms with van der Waals surface area (Å²) in [5.41, 5.74) is 32.4. The summed E-state index contributed by atoms with van der Waals surface area (Å²) in [6.45, 7) is 0. The van der Waals surface area contributed by atoms with Crippen molar-refractivity contribution in [2.24, 2.45) is 0 Å². The summed E-state index contributed by atoms with van der Waals surface area (Å²) < 4.78 is 4.88. The molecule has 0 saturated heterocycles. The first-order valence-electron chi connectivity index (χ1n) is 37.5. The molecule has 0 N–H and O–H groups in total. The Morgan fingerprint density at radius 2 is 0.454 bits per heavy atom. The Morgan fingerprint density at radius 3 is 0.815 bits per heavy atom. The minimum atomic E-state index is -0.627. The fraction of sp³-hybridized carbons (Fsp3) is 0.0385. The number of hydrogen-bond donors (Lipinski definition) is 0. The van der Waals surface area contributed by atoms with Crippen molar-refractivity contribution in [3.63, 3.8) is 0 Å². The Bertz CT molecular complexity index is 6560. The lowest BCUT2D eigenvalue weighted by molar-refractivity contribution is 0.557. The fourth-order valence-corrected chi connectivity index (χ4v) is 20.3. The lowest BCUT2D eigenvalue weighted by atomic mass is 9.44. The molecule has 0 amide bonds. The highest BCUT2D eigenvalue weighted by atomic mass is 15.0. The van der Waals surface area contributed by atoms with Crippen molar-refractivity contribution in [1.82, 2.24) is 19.1 Å². The third kappa shape index (κ3) is 8.40. The molecule has 0 radical (unpaired) electrons. The highest BCUT2D eigenvalue weighted by Crippen LogP contribution is 2.69. The molecule has 19 aromatic rings. The van der Waals surface area contributed by atoms with Gasteiger partial charge in [0.05, 0.1) is 55.1 Å².